The monoisotopic (exact) mass is 462 g/mol. The smallest absolute Gasteiger partial charge is 0.175 e. The van der Waals surface area contributed by atoms with Crippen molar-refractivity contribution in [3.63, 3.8) is 0 Å². The van der Waals surface area contributed by atoms with Crippen molar-refractivity contribution >= 4 is 21.4 Å². The van der Waals surface area contributed by atoms with Crippen LogP contribution < -0.4 is 4.74 Å². The quantitative estimate of drug-likeness (QED) is 0.674. The number of sulfone groups is 1. The Morgan fingerprint density at radius 1 is 1.26 bits per heavy atom. The summed E-state index contributed by atoms with van der Waals surface area (Å²) in [6.07, 6.45) is 0.416. The predicted molar refractivity (Wildman–Crippen MR) is 120 cm³/mol. The van der Waals surface area contributed by atoms with Crippen LogP contribution in [0.2, 0.25) is 5.02 Å². The van der Waals surface area contributed by atoms with E-state index >= 15 is 0 Å². The number of likely N-dealkylation sites (tertiary alicyclic amines) is 1. The Morgan fingerprint density at radius 2 is 1.94 bits per heavy atom. The molecule has 1 saturated heterocycles. The summed E-state index contributed by atoms with van der Waals surface area (Å²) in [6.45, 7) is 6.23. The van der Waals surface area contributed by atoms with Crippen molar-refractivity contribution in [2.24, 2.45) is 11.8 Å². The predicted octanol–water partition coefficient (Wildman–Crippen LogP) is 3.68. The molecule has 1 fully saturated rings. The topological polar surface area (TPSA) is 90.6 Å². The number of nitriles is 1. The van der Waals surface area contributed by atoms with Crippen LogP contribution in [0.1, 0.15) is 31.1 Å². The first-order chi connectivity index (χ1) is 14.6. The number of hydrogen-bond acceptors (Lipinski definition) is 6. The van der Waals surface area contributed by atoms with Crippen LogP contribution in [0.15, 0.2) is 47.4 Å². The van der Waals surface area contributed by atoms with Gasteiger partial charge in [-0.2, -0.15) is 5.26 Å². The molecule has 0 aromatic heterocycles. The zero-order chi connectivity index (χ0) is 22.8. The zero-order valence-corrected chi connectivity index (χ0v) is 19.4. The van der Waals surface area contributed by atoms with E-state index in [0.717, 1.165) is 13.1 Å². The highest BCUT2D eigenvalue weighted by atomic mass is 35.5. The van der Waals surface area contributed by atoms with Crippen molar-refractivity contribution < 1.29 is 18.3 Å². The number of aliphatic hydroxyl groups excluding tert-OH is 1. The number of aliphatic hydroxyl groups is 1. The van der Waals surface area contributed by atoms with Gasteiger partial charge in [-0.3, -0.25) is 4.90 Å². The lowest BCUT2D eigenvalue weighted by atomic mass is 9.99. The number of ether oxygens (including phenoxy) is 1. The largest absolute Gasteiger partial charge is 0.493 e. The van der Waals surface area contributed by atoms with Gasteiger partial charge in [-0.05, 0) is 60.9 Å². The van der Waals surface area contributed by atoms with Crippen molar-refractivity contribution in [3.8, 4) is 11.8 Å². The lowest BCUT2D eigenvalue weighted by Gasteiger charge is -2.29. The van der Waals surface area contributed by atoms with Crippen molar-refractivity contribution in [2.75, 3.05) is 26.0 Å². The maximum absolute atomic E-state index is 11.6. The van der Waals surface area contributed by atoms with Gasteiger partial charge in [0.15, 0.2) is 9.84 Å². The van der Waals surface area contributed by atoms with Crippen LogP contribution in [0.25, 0.3) is 0 Å². The molecule has 4 atom stereocenters. The Bertz CT molecular complexity index is 1070. The summed E-state index contributed by atoms with van der Waals surface area (Å²) in [5, 5.41) is 20.5. The van der Waals surface area contributed by atoms with Crippen LogP contribution in [0.3, 0.4) is 0 Å². The average molecular weight is 463 g/mol. The fourth-order valence-electron chi connectivity index (χ4n) is 3.94. The average Bonchev–Trinajstić information content (AvgIpc) is 3.10. The second kappa shape index (κ2) is 9.58. The normalized spacial score (nSPS) is 21.4. The van der Waals surface area contributed by atoms with E-state index in [1.165, 1.54) is 6.26 Å². The minimum Gasteiger partial charge on any atom is -0.493 e. The molecule has 1 heterocycles. The summed E-state index contributed by atoms with van der Waals surface area (Å²) in [5.41, 5.74) is 1.06. The molecule has 0 bridgehead atoms. The number of benzene rings is 2. The Kier molecular flexibility index (Phi) is 7.28. The molecule has 166 valence electrons. The fraction of sp³-hybridized carbons (Fsp3) is 0.435. The first-order valence-electron chi connectivity index (χ1n) is 10.1. The third-order valence-corrected chi connectivity index (χ3v) is 7.28. The minimum absolute atomic E-state index is 0.147. The molecule has 1 aliphatic rings. The molecule has 4 unspecified atom stereocenters. The van der Waals surface area contributed by atoms with Crippen LogP contribution in [-0.4, -0.2) is 50.4 Å². The van der Waals surface area contributed by atoms with E-state index in [-0.39, 0.29) is 16.9 Å². The molecule has 0 spiro atoms. The van der Waals surface area contributed by atoms with Gasteiger partial charge in [0.1, 0.15) is 5.75 Å². The molecule has 2 aromatic rings. The molecular weight excluding hydrogens is 436 g/mol. The summed E-state index contributed by atoms with van der Waals surface area (Å²) >= 11 is 6.09. The molecule has 0 saturated carbocycles. The number of rotatable bonds is 7. The summed E-state index contributed by atoms with van der Waals surface area (Å²) in [6, 6.07) is 13.3. The third kappa shape index (κ3) is 5.78. The van der Waals surface area contributed by atoms with Gasteiger partial charge in [0, 0.05) is 36.3 Å². The summed E-state index contributed by atoms with van der Waals surface area (Å²) in [5.74, 6) is 1.28. The Labute approximate surface area is 188 Å². The van der Waals surface area contributed by atoms with Gasteiger partial charge in [0.25, 0.3) is 0 Å². The fourth-order valence-corrected chi connectivity index (χ4v) is 4.81. The highest BCUT2D eigenvalue weighted by molar-refractivity contribution is 7.90. The number of hydrogen-bond donors (Lipinski definition) is 1. The molecule has 0 radical (unpaired) electrons. The van der Waals surface area contributed by atoms with E-state index < -0.39 is 15.9 Å². The van der Waals surface area contributed by atoms with Crippen LogP contribution >= 0.6 is 11.6 Å². The van der Waals surface area contributed by atoms with Crippen LogP contribution in [0.4, 0.5) is 0 Å². The van der Waals surface area contributed by atoms with Gasteiger partial charge in [0.05, 0.1) is 29.2 Å². The molecule has 0 amide bonds. The molecule has 0 aliphatic carbocycles. The van der Waals surface area contributed by atoms with E-state index in [4.69, 9.17) is 21.6 Å². The Balaban J connectivity index is 1.61. The third-order valence-electron chi connectivity index (χ3n) is 5.94. The highest BCUT2D eigenvalue weighted by Crippen LogP contribution is 2.31. The van der Waals surface area contributed by atoms with Crippen molar-refractivity contribution in [1.82, 2.24) is 4.90 Å². The first kappa shape index (κ1) is 23.6. The van der Waals surface area contributed by atoms with Gasteiger partial charge in [-0.15, -0.1) is 0 Å². The molecule has 8 heteroatoms. The highest BCUT2D eigenvalue weighted by Gasteiger charge is 2.35. The Morgan fingerprint density at radius 3 is 2.55 bits per heavy atom. The standard InChI is InChI=1S/C23H27ClN2O4S/c1-15-12-26(16(2)23(27)18-8-17(11-25)9-20(24)10-18)13-19(15)14-30-21-4-6-22(7-5-21)31(3,28)29/h4-10,15-16,19,23,27H,12-14H2,1-3H3. The van der Waals surface area contributed by atoms with Crippen LogP contribution in [0.5, 0.6) is 5.75 Å². The van der Waals surface area contributed by atoms with Gasteiger partial charge < -0.3 is 9.84 Å². The molecule has 6 nitrogen and oxygen atoms in total. The van der Waals surface area contributed by atoms with Gasteiger partial charge in [0.2, 0.25) is 0 Å². The van der Waals surface area contributed by atoms with Gasteiger partial charge in [-0.25, -0.2) is 8.42 Å². The van der Waals surface area contributed by atoms with E-state index in [2.05, 4.69) is 17.9 Å². The number of nitrogens with zero attached hydrogens (tertiary/aromatic N) is 2. The second-order valence-electron chi connectivity index (χ2n) is 8.32. The SMILES string of the molecule is CC1CN(C(C)C(O)c2cc(Cl)cc(C#N)c2)CC1COc1ccc(S(C)(=O)=O)cc1. The minimum atomic E-state index is -3.23. The van der Waals surface area contributed by atoms with Crippen molar-refractivity contribution in [1.29, 1.82) is 5.26 Å². The molecule has 1 aliphatic heterocycles. The molecule has 31 heavy (non-hydrogen) atoms. The first-order valence-corrected chi connectivity index (χ1v) is 12.4. The van der Waals surface area contributed by atoms with E-state index in [1.54, 1.807) is 42.5 Å². The lowest BCUT2D eigenvalue weighted by Crippen LogP contribution is -2.36. The molecule has 2 aromatic carbocycles. The molecular formula is C23H27ClN2O4S. The van der Waals surface area contributed by atoms with Gasteiger partial charge >= 0.3 is 0 Å². The maximum Gasteiger partial charge on any atom is 0.175 e. The number of halogens is 1. The van der Waals surface area contributed by atoms with E-state index in [1.807, 2.05) is 6.92 Å². The van der Waals surface area contributed by atoms with Gasteiger partial charge in [-0.1, -0.05) is 18.5 Å². The zero-order valence-electron chi connectivity index (χ0n) is 17.8. The second-order valence-corrected chi connectivity index (χ2v) is 10.8. The van der Waals surface area contributed by atoms with Crippen molar-refractivity contribution in [3.05, 3.63) is 58.6 Å². The Hall–Kier alpha value is -2.11. The summed E-state index contributed by atoms with van der Waals surface area (Å²) in [7, 11) is -3.23. The van der Waals surface area contributed by atoms with Crippen LogP contribution in [0, 0.1) is 23.2 Å². The lowest BCUT2D eigenvalue weighted by molar-refractivity contribution is 0.0672. The van der Waals surface area contributed by atoms with E-state index in [0.29, 0.717) is 34.4 Å². The summed E-state index contributed by atoms with van der Waals surface area (Å²) in [4.78, 5) is 2.49. The summed E-state index contributed by atoms with van der Waals surface area (Å²) < 4.78 is 29.1. The molecule has 1 N–H and O–H groups in total. The van der Waals surface area contributed by atoms with E-state index in [9.17, 15) is 13.5 Å². The van der Waals surface area contributed by atoms with Crippen molar-refractivity contribution in [2.45, 2.75) is 30.9 Å². The maximum atomic E-state index is 11.6. The van der Waals surface area contributed by atoms with Crippen LogP contribution in [-0.2, 0) is 9.84 Å². The molecule has 3 rings (SSSR count).